The first-order valence-electron chi connectivity index (χ1n) is 6.82. The summed E-state index contributed by atoms with van der Waals surface area (Å²) in [4.78, 5) is 10.2. The van der Waals surface area contributed by atoms with Gasteiger partial charge < -0.3 is 9.88 Å². The molecule has 0 fully saturated rings. The van der Waals surface area contributed by atoms with Gasteiger partial charge in [0.25, 0.3) is 5.69 Å². The van der Waals surface area contributed by atoms with Gasteiger partial charge in [-0.25, -0.2) is 4.39 Å². The number of rotatable bonds is 6. The van der Waals surface area contributed by atoms with E-state index >= 15 is 0 Å². The SMILES string of the molecule is CCNC(C)c1ccn(Cc2cc(F)cc([N+](=O)[O-])c2)c1. The summed E-state index contributed by atoms with van der Waals surface area (Å²) in [7, 11) is 0. The van der Waals surface area contributed by atoms with Crippen molar-refractivity contribution in [3.8, 4) is 0 Å². The topological polar surface area (TPSA) is 60.1 Å². The van der Waals surface area contributed by atoms with Crippen LogP contribution in [0.1, 0.15) is 31.0 Å². The van der Waals surface area contributed by atoms with Crippen LogP contribution in [0.2, 0.25) is 0 Å². The lowest BCUT2D eigenvalue weighted by molar-refractivity contribution is -0.385. The molecule has 0 amide bonds. The molecule has 0 saturated carbocycles. The Hall–Kier alpha value is -2.21. The van der Waals surface area contributed by atoms with E-state index in [0.717, 1.165) is 18.2 Å². The van der Waals surface area contributed by atoms with Gasteiger partial charge in [-0.15, -0.1) is 0 Å². The quantitative estimate of drug-likeness (QED) is 0.656. The van der Waals surface area contributed by atoms with Crippen molar-refractivity contribution in [1.29, 1.82) is 0 Å². The third-order valence-corrected chi connectivity index (χ3v) is 3.30. The minimum Gasteiger partial charge on any atom is -0.350 e. The average Bonchev–Trinajstić information content (AvgIpc) is 2.87. The smallest absolute Gasteiger partial charge is 0.272 e. The average molecular weight is 291 g/mol. The minimum atomic E-state index is -0.590. The monoisotopic (exact) mass is 291 g/mol. The van der Waals surface area contributed by atoms with Gasteiger partial charge in [-0.2, -0.15) is 0 Å². The Bertz CT molecular complexity index is 640. The largest absolute Gasteiger partial charge is 0.350 e. The molecule has 1 aromatic heterocycles. The van der Waals surface area contributed by atoms with Crippen molar-refractivity contribution in [2.45, 2.75) is 26.4 Å². The predicted molar refractivity (Wildman–Crippen MR) is 78.7 cm³/mol. The Morgan fingerprint density at radius 2 is 2.19 bits per heavy atom. The molecule has 0 aliphatic heterocycles. The Morgan fingerprint density at radius 3 is 2.86 bits per heavy atom. The van der Waals surface area contributed by atoms with Crippen LogP contribution in [0.25, 0.3) is 0 Å². The van der Waals surface area contributed by atoms with Crippen LogP contribution in [-0.4, -0.2) is 16.0 Å². The molecule has 1 heterocycles. The van der Waals surface area contributed by atoms with E-state index in [1.54, 1.807) is 0 Å². The molecular weight excluding hydrogens is 273 g/mol. The van der Waals surface area contributed by atoms with E-state index in [0.29, 0.717) is 12.1 Å². The Morgan fingerprint density at radius 1 is 1.43 bits per heavy atom. The van der Waals surface area contributed by atoms with Crippen LogP contribution in [0, 0.1) is 15.9 Å². The van der Waals surface area contributed by atoms with Gasteiger partial charge in [0.05, 0.1) is 11.0 Å². The number of benzene rings is 1. The maximum atomic E-state index is 13.4. The first kappa shape index (κ1) is 15.2. The van der Waals surface area contributed by atoms with Crippen LogP contribution in [-0.2, 0) is 6.54 Å². The molecule has 112 valence electrons. The van der Waals surface area contributed by atoms with Gasteiger partial charge in [-0.3, -0.25) is 10.1 Å². The number of nitro benzene ring substituents is 1. The molecule has 1 atom stereocenters. The van der Waals surface area contributed by atoms with E-state index in [2.05, 4.69) is 12.2 Å². The zero-order valence-corrected chi connectivity index (χ0v) is 12.0. The summed E-state index contributed by atoms with van der Waals surface area (Å²) in [6, 6.07) is 5.87. The van der Waals surface area contributed by atoms with Gasteiger partial charge in [0.1, 0.15) is 5.82 Å². The lowest BCUT2D eigenvalue weighted by atomic mass is 10.2. The number of nitro groups is 1. The van der Waals surface area contributed by atoms with Crippen LogP contribution in [0.5, 0.6) is 0 Å². The molecule has 0 spiro atoms. The first-order valence-corrected chi connectivity index (χ1v) is 6.82. The number of halogens is 1. The standard InChI is InChI=1S/C15H18FN3O2/c1-3-17-11(2)13-4-5-18(10-13)9-12-6-14(16)8-15(7-12)19(20)21/h4-8,10-11,17H,3,9H2,1-2H3. The molecule has 0 radical (unpaired) electrons. The highest BCUT2D eigenvalue weighted by molar-refractivity contribution is 5.35. The maximum absolute atomic E-state index is 13.4. The molecule has 1 aromatic carbocycles. The summed E-state index contributed by atoms with van der Waals surface area (Å²) in [6.07, 6.45) is 3.85. The van der Waals surface area contributed by atoms with Gasteiger partial charge >= 0.3 is 0 Å². The van der Waals surface area contributed by atoms with Crippen molar-refractivity contribution in [1.82, 2.24) is 9.88 Å². The zero-order chi connectivity index (χ0) is 15.4. The fourth-order valence-electron chi connectivity index (χ4n) is 2.28. The van der Waals surface area contributed by atoms with Crippen molar-refractivity contribution < 1.29 is 9.31 Å². The number of nitrogens with zero attached hydrogens (tertiary/aromatic N) is 2. The molecule has 6 heteroatoms. The highest BCUT2D eigenvalue weighted by Crippen LogP contribution is 2.18. The van der Waals surface area contributed by atoms with Gasteiger partial charge in [-0.05, 0) is 36.7 Å². The predicted octanol–water partition coefficient (Wildman–Crippen LogP) is 3.25. The zero-order valence-electron chi connectivity index (χ0n) is 12.0. The third-order valence-electron chi connectivity index (χ3n) is 3.30. The van der Waals surface area contributed by atoms with Crippen LogP contribution >= 0.6 is 0 Å². The summed E-state index contributed by atoms with van der Waals surface area (Å²) in [5.74, 6) is -0.590. The normalized spacial score (nSPS) is 12.3. The van der Waals surface area contributed by atoms with Crippen LogP contribution < -0.4 is 5.32 Å². The summed E-state index contributed by atoms with van der Waals surface area (Å²) in [6.45, 7) is 5.38. The molecule has 5 nitrogen and oxygen atoms in total. The summed E-state index contributed by atoms with van der Waals surface area (Å²) >= 11 is 0. The maximum Gasteiger partial charge on any atom is 0.272 e. The van der Waals surface area contributed by atoms with E-state index in [1.807, 2.05) is 30.0 Å². The third kappa shape index (κ3) is 3.88. The summed E-state index contributed by atoms with van der Waals surface area (Å²) < 4.78 is 15.3. The lowest BCUT2D eigenvalue weighted by Crippen LogP contribution is -2.17. The Balaban J connectivity index is 2.17. The van der Waals surface area contributed by atoms with Crippen molar-refractivity contribution in [2.24, 2.45) is 0 Å². The molecular formula is C15H18FN3O2. The molecule has 0 bridgehead atoms. The van der Waals surface area contributed by atoms with Gasteiger partial charge in [0.15, 0.2) is 0 Å². The number of non-ortho nitro benzene ring substituents is 1. The molecule has 21 heavy (non-hydrogen) atoms. The number of nitrogens with one attached hydrogen (secondary N) is 1. The number of aromatic nitrogens is 1. The van der Waals surface area contributed by atoms with Crippen molar-refractivity contribution >= 4 is 5.69 Å². The van der Waals surface area contributed by atoms with E-state index in [9.17, 15) is 14.5 Å². The molecule has 0 saturated heterocycles. The minimum absolute atomic E-state index is 0.224. The van der Waals surface area contributed by atoms with E-state index in [4.69, 9.17) is 0 Å². The fraction of sp³-hybridized carbons (Fsp3) is 0.333. The van der Waals surface area contributed by atoms with E-state index < -0.39 is 10.7 Å². The van der Waals surface area contributed by atoms with E-state index in [1.165, 1.54) is 12.1 Å². The highest BCUT2D eigenvalue weighted by atomic mass is 19.1. The second kappa shape index (κ2) is 6.49. The summed E-state index contributed by atoms with van der Waals surface area (Å²) in [5, 5.41) is 14.1. The molecule has 2 aromatic rings. The lowest BCUT2D eigenvalue weighted by Gasteiger charge is -2.10. The number of hydrogen-bond acceptors (Lipinski definition) is 3. The Labute approximate surface area is 122 Å². The van der Waals surface area contributed by atoms with Crippen molar-refractivity contribution in [2.75, 3.05) is 6.54 Å². The van der Waals surface area contributed by atoms with Crippen LogP contribution in [0.15, 0.2) is 36.7 Å². The van der Waals surface area contributed by atoms with Gasteiger partial charge in [0.2, 0.25) is 0 Å². The Kier molecular flexibility index (Phi) is 4.70. The second-order valence-corrected chi connectivity index (χ2v) is 4.97. The number of hydrogen-bond donors (Lipinski definition) is 1. The van der Waals surface area contributed by atoms with Crippen LogP contribution in [0.3, 0.4) is 0 Å². The molecule has 0 aliphatic rings. The molecule has 0 aliphatic carbocycles. The van der Waals surface area contributed by atoms with Crippen LogP contribution in [0.4, 0.5) is 10.1 Å². The summed E-state index contributed by atoms with van der Waals surface area (Å²) in [5.41, 5.74) is 1.47. The molecule has 2 rings (SSSR count). The van der Waals surface area contributed by atoms with Gasteiger partial charge in [0, 0.05) is 31.0 Å². The first-order chi connectivity index (χ1) is 9.99. The molecule has 1 unspecified atom stereocenters. The van der Waals surface area contributed by atoms with Crippen molar-refractivity contribution in [3.05, 3.63) is 63.7 Å². The van der Waals surface area contributed by atoms with E-state index in [-0.39, 0.29) is 11.7 Å². The fourth-order valence-corrected chi connectivity index (χ4v) is 2.28. The van der Waals surface area contributed by atoms with Gasteiger partial charge in [-0.1, -0.05) is 6.92 Å². The molecule has 1 N–H and O–H groups in total. The second-order valence-electron chi connectivity index (χ2n) is 4.97. The van der Waals surface area contributed by atoms with Crippen molar-refractivity contribution in [3.63, 3.8) is 0 Å². The highest BCUT2D eigenvalue weighted by Gasteiger charge is 2.11.